The average Bonchev–Trinajstić information content (AvgIpc) is 3.15. The first-order valence-electron chi connectivity index (χ1n) is 8.29. The first-order valence-corrected chi connectivity index (χ1v) is 9.11. The van der Waals surface area contributed by atoms with Crippen molar-refractivity contribution < 1.29 is 27.4 Å². The molecule has 28 heavy (non-hydrogen) atoms. The molecular weight excluding hydrogens is 389 g/mol. The van der Waals surface area contributed by atoms with Crippen molar-refractivity contribution >= 4 is 11.8 Å². The number of thioether (sulfide) groups is 1. The number of halogens is 3. The van der Waals surface area contributed by atoms with Gasteiger partial charge in [-0.2, -0.15) is 13.2 Å². The minimum Gasteiger partial charge on any atom is -0.497 e. The number of ether oxygens (including phenoxy) is 3. The molecule has 0 bridgehead atoms. The normalized spacial score (nSPS) is 12.9. The van der Waals surface area contributed by atoms with Crippen molar-refractivity contribution in [3.05, 3.63) is 60.7 Å². The number of methoxy groups -OCH3 is 1. The number of alkyl halides is 3. The van der Waals surface area contributed by atoms with E-state index in [0.29, 0.717) is 39.5 Å². The summed E-state index contributed by atoms with van der Waals surface area (Å²) >= 11 is -0.148. The standard InChI is InChI=1S/C21H14F3O3S/c1-25-15-8-5-13(6-9-15)16-3-2-4-17(20(16)28-21(22,23)24)14-7-10-18-19(11-14)27-12-26-18/h2,4-11H,12H2,1H3. The first kappa shape index (κ1) is 18.6. The summed E-state index contributed by atoms with van der Waals surface area (Å²) in [5.41, 5.74) is -2.39. The second-order valence-electron chi connectivity index (χ2n) is 5.94. The van der Waals surface area contributed by atoms with E-state index in [9.17, 15) is 13.2 Å². The summed E-state index contributed by atoms with van der Waals surface area (Å²) in [5, 5.41) is 0. The molecule has 3 nitrogen and oxygen atoms in total. The number of hydrogen-bond donors (Lipinski definition) is 0. The van der Waals surface area contributed by atoms with E-state index < -0.39 is 5.51 Å². The minimum absolute atomic E-state index is 0.0824. The molecule has 1 radical (unpaired) electrons. The Hall–Kier alpha value is -2.80. The SMILES string of the molecule is COc1ccc(-c2[c]ccc(-c3ccc4c(c3)OCO4)c2SC(F)(F)F)cc1. The van der Waals surface area contributed by atoms with Gasteiger partial charge in [0.05, 0.1) is 7.11 Å². The maximum atomic E-state index is 13.4. The first-order chi connectivity index (χ1) is 13.4. The summed E-state index contributed by atoms with van der Waals surface area (Å²) in [4.78, 5) is 0.0824. The molecule has 3 aromatic carbocycles. The maximum Gasteiger partial charge on any atom is 0.446 e. The van der Waals surface area contributed by atoms with Crippen molar-refractivity contribution in [3.8, 4) is 39.5 Å². The molecule has 0 unspecified atom stereocenters. The molecule has 0 aliphatic carbocycles. The number of rotatable bonds is 4. The van der Waals surface area contributed by atoms with Gasteiger partial charge in [0, 0.05) is 10.5 Å². The zero-order chi connectivity index (χ0) is 19.7. The molecule has 0 saturated carbocycles. The summed E-state index contributed by atoms with van der Waals surface area (Å²) in [6.45, 7) is 0.0998. The Balaban J connectivity index is 1.86. The number of benzene rings is 3. The second-order valence-corrected chi connectivity index (χ2v) is 7.02. The van der Waals surface area contributed by atoms with Gasteiger partial charge in [0.15, 0.2) is 11.5 Å². The summed E-state index contributed by atoms with van der Waals surface area (Å²) < 4.78 is 55.9. The van der Waals surface area contributed by atoms with Crippen molar-refractivity contribution in [2.45, 2.75) is 10.4 Å². The predicted octanol–water partition coefficient (Wildman–Crippen LogP) is 6.17. The monoisotopic (exact) mass is 403 g/mol. The molecule has 1 heterocycles. The summed E-state index contributed by atoms with van der Waals surface area (Å²) in [6.07, 6.45) is 0. The fraction of sp³-hybridized carbons (Fsp3) is 0.143. The van der Waals surface area contributed by atoms with Gasteiger partial charge in [-0.15, -0.1) is 0 Å². The molecule has 0 fully saturated rings. The molecule has 0 aromatic heterocycles. The van der Waals surface area contributed by atoms with Crippen LogP contribution >= 0.6 is 11.8 Å². The third-order valence-electron chi connectivity index (χ3n) is 4.23. The molecule has 0 spiro atoms. The highest BCUT2D eigenvalue weighted by Crippen LogP contribution is 2.47. The molecule has 1 aliphatic heterocycles. The molecular formula is C21H14F3O3S. The molecule has 1 aliphatic rings. The lowest BCUT2D eigenvalue weighted by Crippen LogP contribution is -2.01. The van der Waals surface area contributed by atoms with Crippen LogP contribution in [0.25, 0.3) is 22.3 Å². The smallest absolute Gasteiger partial charge is 0.446 e. The Morgan fingerprint density at radius 2 is 1.68 bits per heavy atom. The van der Waals surface area contributed by atoms with E-state index in [1.807, 2.05) is 0 Å². The largest absolute Gasteiger partial charge is 0.497 e. The lowest BCUT2D eigenvalue weighted by molar-refractivity contribution is -0.0327. The topological polar surface area (TPSA) is 27.7 Å². The van der Waals surface area contributed by atoms with Crippen molar-refractivity contribution in [1.29, 1.82) is 0 Å². The van der Waals surface area contributed by atoms with Crippen molar-refractivity contribution in [3.63, 3.8) is 0 Å². The molecule has 4 rings (SSSR count). The van der Waals surface area contributed by atoms with Gasteiger partial charge in [-0.1, -0.05) is 30.3 Å². The number of fused-ring (bicyclic) bond motifs is 1. The second kappa shape index (κ2) is 7.31. The summed E-state index contributed by atoms with van der Waals surface area (Å²) in [6, 6.07) is 18.2. The van der Waals surface area contributed by atoms with E-state index >= 15 is 0 Å². The Labute approximate surface area is 164 Å². The highest BCUT2D eigenvalue weighted by Gasteiger charge is 2.32. The number of hydrogen-bond acceptors (Lipinski definition) is 4. The van der Waals surface area contributed by atoms with Gasteiger partial charge in [-0.25, -0.2) is 0 Å². The fourth-order valence-electron chi connectivity index (χ4n) is 2.97. The van der Waals surface area contributed by atoms with Gasteiger partial charge in [-0.05, 0) is 58.8 Å². The molecule has 0 saturated heterocycles. The van der Waals surface area contributed by atoms with Crippen LogP contribution in [0.3, 0.4) is 0 Å². The van der Waals surface area contributed by atoms with Crippen molar-refractivity contribution in [2.24, 2.45) is 0 Å². The van der Waals surface area contributed by atoms with Gasteiger partial charge in [0.2, 0.25) is 6.79 Å². The van der Waals surface area contributed by atoms with E-state index in [2.05, 4.69) is 6.07 Å². The van der Waals surface area contributed by atoms with Gasteiger partial charge < -0.3 is 14.2 Å². The van der Waals surface area contributed by atoms with Gasteiger partial charge >= 0.3 is 5.51 Å². The molecule has 3 aromatic rings. The van der Waals surface area contributed by atoms with Crippen LogP contribution in [-0.2, 0) is 0 Å². The van der Waals surface area contributed by atoms with E-state index in [4.69, 9.17) is 14.2 Å². The Kier molecular flexibility index (Phi) is 4.85. The van der Waals surface area contributed by atoms with Crippen LogP contribution in [0.15, 0.2) is 59.5 Å². The lowest BCUT2D eigenvalue weighted by atomic mass is 9.98. The minimum atomic E-state index is -4.44. The van der Waals surface area contributed by atoms with Crippen LogP contribution in [0.4, 0.5) is 13.2 Å². The zero-order valence-corrected chi connectivity index (χ0v) is 15.5. The van der Waals surface area contributed by atoms with E-state index in [1.54, 1.807) is 54.6 Å². The van der Waals surface area contributed by atoms with Crippen LogP contribution < -0.4 is 14.2 Å². The van der Waals surface area contributed by atoms with Crippen LogP contribution in [0.1, 0.15) is 0 Å². The Bertz CT molecular complexity index is 1000. The van der Waals surface area contributed by atoms with E-state index in [0.717, 1.165) is 0 Å². The zero-order valence-electron chi connectivity index (χ0n) is 14.7. The fourth-order valence-corrected chi connectivity index (χ4v) is 3.78. The quantitative estimate of drug-likeness (QED) is 0.487. The Morgan fingerprint density at radius 1 is 0.964 bits per heavy atom. The lowest BCUT2D eigenvalue weighted by Gasteiger charge is -2.16. The Morgan fingerprint density at radius 3 is 2.39 bits per heavy atom. The molecule has 0 atom stereocenters. The third kappa shape index (κ3) is 3.75. The van der Waals surface area contributed by atoms with Gasteiger partial charge in [0.25, 0.3) is 0 Å². The molecule has 0 amide bonds. The highest BCUT2D eigenvalue weighted by molar-refractivity contribution is 8.00. The summed E-state index contributed by atoms with van der Waals surface area (Å²) in [7, 11) is 1.53. The summed E-state index contributed by atoms with van der Waals surface area (Å²) in [5.74, 6) is 1.71. The van der Waals surface area contributed by atoms with E-state index in [-0.39, 0.29) is 23.5 Å². The predicted molar refractivity (Wildman–Crippen MR) is 101 cm³/mol. The van der Waals surface area contributed by atoms with Gasteiger partial charge in [0.1, 0.15) is 5.75 Å². The average molecular weight is 403 g/mol. The van der Waals surface area contributed by atoms with Crippen LogP contribution in [-0.4, -0.2) is 19.4 Å². The third-order valence-corrected chi connectivity index (χ3v) is 5.09. The molecule has 143 valence electrons. The van der Waals surface area contributed by atoms with Crippen LogP contribution in [0.5, 0.6) is 17.2 Å². The van der Waals surface area contributed by atoms with Crippen LogP contribution in [0, 0.1) is 6.07 Å². The van der Waals surface area contributed by atoms with E-state index in [1.165, 1.54) is 7.11 Å². The molecule has 7 heteroatoms. The highest BCUT2D eigenvalue weighted by atomic mass is 32.2. The van der Waals surface area contributed by atoms with Gasteiger partial charge in [-0.3, -0.25) is 0 Å². The molecule has 0 N–H and O–H groups in total. The maximum absolute atomic E-state index is 13.4. The van der Waals surface area contributed by atoms with Crippen LogP contribution in [0.2, 0.25) is 0 Å². The van der Waals surface area contributed by atoms with Crippen molar-refractivity contribution in [1.82, 2.24) is 0 Å². The van der Waals surface area contributed by atoms with Crippen molar-refractivity contribution in [2.75, 3.05) is 13.9 Å².